The second-order valence-electron chi connectivity index (χ2n) is 7.04. The number of urea groups is 1. The van der Waals surface area contributed by atoms with Gasteiger partial charge in [0.1, 0.15) is 6.04 Å². The third-order valence-corrected chi connectivity index (χ3v) is 5.25. The first-order valence-electron chi connectivity index (χ1n) is 9.66. The smallest absolute Gasteiger partial charge is 0.320 e. The Morgan fingerprint density at radius 3 is 2.57 bits per heavy atom. The number of carbonyl (C=O) groups is 2. The fourth-order valence-corrected chi connectivity index (χ4v) is 3.67. The van der Waals surface area contributed by atoms with Crippen molar-refractivity contribution in [1.82, 2.24) is 20.0 Å². The number of hydrogen-bond donors (Lipinski definition) is 1. The van der Waals surface area contributed by atoms with Gasteiger partial charge in [0.05, 0.1) is 12.6 Å². The van der Waals surface area contributed by atoms with Gasteiger partial charge in [-0.05, 0) is 24.8 Å². The molecule has 1 aromatic rings. The van der Waals surface area contributed by atoms with Crippen LogP contribution in [0.1, 0.15) is 18.4 Å². The Kier molecular flexibility index (Phi) is 8.55. The summed E-state index contributed by atoms with van der Waals surface area (Å²) in [6.07, 6.45) is 2.53. The van der Waals surface area contributed by atoms with Crippen LogP contribution < -0.4 is 5.32 Å². The zero-order valence-corrected chi connectivity index (χ0v) is 16.9. The molecule has 7 nitrogen and oxygen atoms in total. The molecule has 1 unspecified atom stereocenters. The maximum atomic E-state index is 12.5. The van der Waals surface area contributed by atoms with Gasteiger partial charge in [-0.2, -0.15) is 5.26 Å². The number of nitriles is 1. The molecular formula is C20H28ClN5O2. The molecule has 1 atom stereocenters. The molecule has 3 amide bonds. The summed E-state index contributed by atoms with van der Waals surface area (Å²) < 4.78 is 0. The second kappa shape index (κ2) is 10.9. The number of carbonyl (C=O) groups excluding carboxylic acids is 2. The number of nitrogens with one attached hydrogen (secondary N) is 1. The summed E-state index contributed by atoms with van der Waals surface area (Å²) in [6.45, 7) is 4.27. The number of rotatable bonds is 8. The van der Waals surface area contributed by atoms with Crippen LogP contribution >= 0.6 is 12.4 Å². The van der Waals surface area contributed by atoms with Crippen LogP contribution in [0.25, 0.3) is 0 Å². The second-order valence-corrected chi connectivity index (χ2v) is 7.04. The van der Waals surface area contributed by atoms with Gasteiger partial charge in [0.2, 0.25) is 5.91 Å². The largest absolute Gasteiger partial charge is 0.326 e. The maximum Gasteiger partial charge on any atom is 0.320 e. The average molecular weight is 406 g/mol. The van der Waals surface area contributed by atoms with Gasteiger partial charge in [-0.1, -0.05) is 30.3 Å². The quantitative estimate of drug-likeness (QED) is 0.664. The van der Waals surface area contributed by atoms with E-state index >= 15 is 0 Å². The van der Waals surface area contributed by atoms with E-state index in [0.717, 1.165) is 38.9 Å². The van der Waals surface area contributed by atoms with Crippen LogP contribution in [0.5, 0.6) is 0 Å². The average Bonchev–Trinajstić information content (AvgIpc) is 3.31. The third kappa shape index (κ3) is 5.60. The van der Waals surface area contributed by atoms with Crippen molar-refractivity contribution in [3.8, 4) is 6.07 Å². The normalized spacial score (nSPS) is 18.9. The van der Waals surface area contributed by atoms with E-state index in [9.17, 15) is 9.59 Å². The summed E-state index contributed by atoms with van der Waals surface area (Å²) in [7, 11) is 0. The zero-order valence-electron chi connectivity index (χ0n) is 16.0. The van der Waals surface area contributed by atoms with Crippen molar-refractivity contribution in [2.24, 2.45) is 0 Å². The van der Waals surface area contributed by atoms with Crippen LogP contribution in [-0.4, -0.2) is 78.5 Å². The molecule has 2 aliphatic rings. The summed E-state index contributed by atoms with van der Waals surface area (Å²) in [6, 6.07) is 12.2. The Morgan fingerprint density at radius 1 is 1.14 bits per heavy atom. The molecule has 0 saturated carbocycles. The topological polar surface area (TPSA) is 79.7 Å². The first-order valence-corrected chi connectivity index (χ1v) is 9.66. The highest BCUT2D eigenvalue weighted by atomic mass is 35.5. The van der Waals surface area contributed by atoms with Crippen molar-refractivity contribution in [2.75, 3.05) is 45.8 Å². The van der Waals surface area contributed by atoms with Gasteiger partial charge in [0, 0.05) is 39.3 Å². The van der Waals surface area contributed by atoms with Gasteiger partial charge >= 0.3 is 6.03 Å². The highest BCUT2D eigenvalue weighted by Gasteiger charge is 2.29. The van der Waals surface area contributed by atoms with Crippen molar-refractivity contribution in [3.63, 3.8) is 0 Å². The molecule has 0 aromatic heterocycles. The third-order valence-electron chi connectivity index (χ3n) is 5.25. The highest BCUT2D eigenvalue weighted by Crippen LogP contribution is 2.16. The van der Waals surface area contributed by atoms with E-state index < -0.39 is 0 Å². The van der Waals surface area contributed by atoms with Crippen molar-refractivity contribution >= 4 is 24.3 Å². The van der Waals surface area contributed by atoms with E-state index in [1.807, 2.05) is 28.0 Å². The molecule has 2 aliphatic heterocycles. The van der Waals surface area contributed by atoms with E-state index in [-0.39, 0.29) is 36.9 Å². The van der Waals surface area contributed by atoms with E-state index in [4.69, 9.17) is 5.26 Å². The molecule has 1 N–H and O–H groups in total. The van der Waals surface area contributed by atoms with Crippen molar-refractivity contribution in [3.05, 3.63) is 35.9 Å². The minimum absolute atomic E-state index is 0. The van der Waals surface area contributed by atoms with Crippen LogP contribution in [0.4, 0.5) is 4.79 Å². The lowest BCUT2D eigenvalue weighted by Gasteiger charge is -2.21. The summed E-state index contributed by atoms with van der Waals surface area (Å²) in [4.78, 5) is 30.0. The van der Waals surface area contributed by atoms with Crippen LogP contribution in [-0.2, 0) is 11.2 Å². The molecule has 152 valence electrons. The first kappa shape index (κ1) is 22.0. The van der Waals surface area contributed by atoms with Crippen molar-refractivity contribution in [2.45, 2.75) is 25.3 Å². The predicted molar refractivity (Wildman–Crippen MR) is 109 cm³/mol. The first-order chi connectivity index (χ1) is 13.2. The molecule has 1 aromatic carbocycles. The lowest BCUT2D eigenvalue weighted by Crippen LogP contribution is -2.43. The summed E-state index contributed by atoms with van der Waals surface area (Å²) in [5, 5.41) is 12.2. The number of benzene rings is 1. The molecule has 8 heteroatoms. The Bertz CT molecular complexity index is 694. The molecule has 0 bridgehead atoms. The molecule has 3 rings (SSSR count). The minimum atomic E-state index is -0.280. The molecule has 2 heterocycles. The van der Waals surface area contributed by atoms with E-state index in [2.05, 4.69) is 23.5 Å². The summed E-state index contributed by atoms with van der Waals surface area (Å²) in [5.74, 6) is -0.0312. The SMILES string of the molecule is Cl.N#CC1CCCN1C(=O)CNCCN1CCN(CCc2ccccc2)C1=O. The molecule has 2 saturated heterocycles. The van der Waals surface area contributed by atoms with E-state index in [1.165, 1.54) is 5.56 Å². The van der Waals surface area contributed by atoms with Gasteiger partial charge in [-0.3, -0.25) is 4.79 Å². The lowest BCUT2D eigenvalue weighted by atomic mass is 10.1. The summed E-state index contributed by atoms with van der Waals surface area (Å²) >= 11 is 0. The number of nitrogens with zero attached hydrogens (tertiary/aromatic N) is 4. The number of likely N-dealkylation sites (tertiary alicyclic amines) is 1. The molecule has 0 radical (unpaired) electrons. The van der Waals surface area contributed by atoms with Gasteiger partial charge in [0.15, 0.2) is 0 Å². The zero-order chi connectivity index (χ0) is 19.1. The van der Waals surface area contributed by atoms with Crippen molar-refractivity contribution < 1.29 is 9.59 Å². The van der Waals surface area contributed by atoms with Crippen LogP contribution in [0.3, 0.4) is 0 Å². The number of halogens is 1. The Balaban J connectivity index is 0.00000280. The fraction of sp³-hybridized carbons (Fsp3) is 0.550. The number of amides is 3. The Hall–Kier alpha value is -2.30. The standard InChI is InChI=1S/C20H27N5O2.ClH/c21-15-18-7-4-10-25(18)19(26)16-22-9-12-24-14-13-23(20(24)27)11-8-17-5-2-1-3-6-17;/h1-3,5-6,18,22H,4,7-14,16H2;1H. The van der Waals surface area contributed by atoms with E-state index in [0.29, 0.717) is 19.6 Å². The highest BCUT2D eigenvalue weighted by molar-refractivity contribution is 5.85. The lowest BCUT2D eigenvalue weighted by molar-refractivity contribution is -0.130. The monoisotopic (exact) mass is 405 g/mol. The maximum absolute atomic E-state index is 12.5. The van der Waals surface area contributed by atoms with Gasteiger partial charge in [-0.15, -0.1) is 12.4 Å². The Morgan fingerprint density at radius 2 is 1.86 bits per heavy atom. The van der Waals surface area contributed by atoms with Crippen LogP contribution in [0, 0.1) is 11.3 Å². The molecule has 2 fully saturated rings. The molecular weight excluding hydrogens is 378 g/mol. The van der Waals surface area contributed by atoms with E-state index in [1.54, 1.807) is 4.90 Å². The predicted octanol–water partition coefficient (Wildman–Crippen LogP) is 1.49. The fourth-order valence-electron chi connectivity index (χ4n) is 3.67. The minimum Gasteiger partial charge on any atom is -0.326 e. The van der Waals surface area contributed by atoms with Crippen LogP contribution in [0.2, 0.25) is 0 Å². The van der Waals surface area contributed by atoms with Gasteiger partial charge < -0.3 is 20.0 Å². The molecule has 0 spiro atoms. The van der Waals surface area contributed by atoms with Crippen LogP contribution in [0.15, 0.2) is 30.3 Å². The summed E-state index contributed by atoms with van der Waals surface area (Å²) in [5.41, 5.74) is 1.24. The van der Waals surface area contributed by atoms with Crippen molar-refractivity contribution in [1.29, 1.82) is 5.26 Å². The number of hydrogen-bond acceptors (Lipinski definition) is 4. The van der Waals surface area contributed by atoms with Gasteiger partial charge in [-0.25, -0.2) is 4.79 Å². The Labute approximate surface area is 172 Å². The molecule has 28 heavy (non-hydrogen) atoms. The molecule has 0 aliphatic carbocycles. The van der Waals surface area contributed by atoms with Gasteiger partial charge in [0.25, 0.3) is 0 Å².